The average molecular weight is 189 g/mol. The van der Waals surface area contributed by atoms with Gasteiger partial charge < -0.3 is 14.7 Å². The Morgan fingerprint density at radius 1 is 1.54 bits per heavy atom. The summed E-state index contributed by atoms with van der Waals surface area (Å²) >= 11 is 0. The molecule has 0 bridgehead atoms. The number of aliphatic hydroxyl groups excluding tert-OH is 1. The Morgan fingerprint density at radius 3 is 2.77 bits per heavy atom. The highest BCUT2D eigenvalue weighted by molar-refractivity contribution is 5.77. The molecule has 0 radical (unpaired) electrons. The van der Waals surface area contributed by atoms with Gasteiger partial charge in [0.2, 0.25) is 5.91 Å². The predicted octanol–water partition coefficient (Wildman–Crippen LogP) is 0.254. The highest BCUT2D eigenvalue weighted by Crippen LogP contribution is 1.92. The summed E-state index contributed by atoms with van der Waals surface area (Å²) in [5.74, 6) is -0.0260. The van der Waals surface area contributed by atoms with Gasteiger partial charge in [-0.15, -0.1) is 0 Å². The van der Waals surface area contributed by atoms with E-state index in [2.05, 4.69) is 6.92 Å². The second-order valence-corrected chi connectivity index (χ2v) is 2.95. The van der Waals surface area contributed by atoms with Crippen LogP contribution in [0.2, 0.25) is 0 Å². The number of hydrogen-bond donors (Lipinski definition) is 1. The summed E-state index contributed by atoms with van der Waals surface area (Å²) in [4.78, 5) is 12.9. The van der Waals surface area contributed by atoms with Crippen LogP contribution >= 0.6 is 0 Å². The molecule has 0 aromatic heterocycles. The zero-order valence-electron chi connectivity index (χ0n) is 8.45. The van der Waals surface area contributed by atoms with Crippen molar-refractivity contribution >= 4 is 5.91 Å². The number of unbranched alkanes of at least 4 members (excludes halogenated alkanes) is 1. The van der Waals surface area contributed by atoms with Gasteiger partial charge in [0.1, 0.15) is 6.61 Å². The lowest BCUT2D eigenvalue weighted by molar-refractivity contribution is -0.135. The molecule has 0 rings (SSSR count). The molecule has 0 fully saturated rings. The van der Waals surface area contributed by atoms with Gasteiger partial charge in [0.15, 0.2) is 0 Å². The van der Waals surface area contributed by atoms with E-state index in [-0.39, 0.29) is 25.7 Å². The number of hydrogen-bond acceptors (Lipinski definition) is 3. The molecule has 0 aromatic rings. The normalized spacial score (nSPS) is 10.1. The van der Waals surface area contributed by atoms with E-state index in [9.17, 15) is 4.79 Å². The van der Waals surface area contributed by atoms with Crippen molar-refractivity contribution in [2.75, 3.05) is 33.4 Å². The molecule has 0 spiro atoms. The molecule has 0 heterocycles. The van der Waals surface area contributed by atoms with E-state index in [1.807, 2.05) is 0 Å². The van der Waals surface area contributed by atoms with Crippen molar-refractivity contribution in [3.63, 3.8) is 0 Å². The first kappa shape index (κ1) is 12.4. The lowest BCUT2D eigenvalue weighted by Gasteiger charge is -2.16. The van der Waals surface area contributed by atoms with Gasteiger partial charge in [-0.05, 0) is 6.42 Å². The molecule has 4 nitrogen and oxygen atoms in total. The molecular formula is C9H19NO3. The summed E-state index contributed by atoms with van der Waals surface area (Å²) in [6.45, 7) is 3.12. The Balaban J connectivity index is 3.45. The smallest absolute Gasteiger partial charge is 0.248 e. The fourth-order valence-corrected chi connectivity index (χ4v) is 0.854. The zero-order valence-corrected chi connectivity index (χ0v) is 8.45. The number of likely N-dealkylation sites (N-methyl/N-ethyl adjacent to an activating group) is 1. The summed E-state index contributed by atoms with van der Waals surface area (Å²) in [6, 6.07) is 0. The monoisotopic (exact) mass is 189 g/mol. The van der Waals surface area contributed by atoms with Gasteiger partial charge in [-0.3, -0.25) is 4.79 Å². The van der Waals surface area contributed by atoms with Crippen LogP contribution in [0.3, 0.4) is 0 Å². The first-order valence-corrected chi connectivity index (χ1v) is 4.65. The fourth-order valence-electron chi connectivity index (χ4n) is 0.854. The van der Waals surface area contributed by atoms with E-state index in [0.717, 1.165) is 19.4 Å². The minimum Gasteiger partial charge on any atom is -0.394 e. The Kier molecular flexibility index (Phi) is 7.63. The van der Waals surface area contributed by atoms with Crippen LogP contribution in [0.5, 0.6) is 0 Å². The van der Waals surface area contributed by atoms with Crippen molar-refractivity contribution in [3.8, 4) is 0 Å². The molecule has 78 valence electrons. The first-order chi connectivity index (χ1) is 6.22. The number of amides is 1. The van der Waals surface area contributed by atoms with E-state index in [1.54, 1.807) is 11.9 Å². The maximum Gasteiger partial charge on any atom is 0.248 e. The maximum atomic E-state index is 11.2. The van der Waals surface area contributed by atoms with Crippen molar-refractivity contribution in [3.05, 3.63) is 0 Å². The molecule has 1 N–H and O–H groups in total. The van der Waals surface area contributed by atoms with Gasteiger partial charge >= 0.3 is 0 Å². The number of nitrogens with zero attached hydrogens (tertiary/aromatic N) is 1. The van der Waals surface area contributed by atoms with Crippen LogP contribution in [-0.2, 0) is 9.53 Å². The third-order valence-corrected chi connectivity index (χ3v) is 1.73. The molecule has 13 heavy (non-hydrogen) atoms. The van der Waals surface area contributed by atoms with Crippen LogP contribution in [0, 0.1) is 0 Å². The Labute approximate surface area is 79.5 Å². The van der Waals surface area contributed by atoms with Gasteiger partial charge in [-0.2, -0.15) is 0 Å². The van der Waals surface area contributed by atoms with E-state index in [4.69, 9.17) is 9.84 Å². The summed E-state index contributed by atoms with van der Waals surface area (Å²) in [5, 5.41) is 8.41. The van der Waals surface area contributed by atoms with Crippen LogP contribution in [0.15, 0.2) is 0 Å². The van der Waals surface area contributed by atoms with Crippen molar-refractivity contribution in [2.24, 2.45) is 0 Å². The lowest BCUT2D eigenvalue weighted by atomic mass is 10.3. The topological polar surface area (TPSA) is 49.8 Å². The molecule has 4 heteroatoms. The number of aliphatic hydroxyl groups is 1. The average Bonchev–Trinajstić information content (AvgIpc) is 2.14. The van der Waals surface area contributed by atoms with Gasteiger partial charge in [-0.1, -0.05) is 13.3 Å². The quantitative estimate of drug-likeness (QED) is 0.584. The van der Waals surface area contributed by atoms with Crippen molar-refractivity contribution < 1.29 is 14.6 Å². The summed E-state index contributed by atoms with van der Waals surface area (Å²) < 4.78 is 4.90. The Morgan fingerprint density at radius 2 is 2.23 bits per heavy atom. The van der Waals surface area contributed by atoms with E-state index < -0.39 is 0 Å². The Bertz CT molecular complexity index is 139. The molecule has 0 aliphatic heterocycles. The molecule has 0 saturated heterocycles. The van der Waals surface area contributed by atoms with Crippen LogP contribution < -0.4 is 0 Å². The molecule has 0 unspecified atom stereocenters. The van der Waals surface area contributed by atoms with E-state index in [0.29, 0.717) is 0 Å². The second-order valence-electron chi connectivity index (χ2n) is 2.95. The highest BCUT2D eigenvalue weighted by Gasteiger charge is 2.06. The summed E-state index contributed by atoms with van der Waals surface area (Å²) in [6.07, 6.45) is 2.09. The van der Waals surface area contributed by atoms with Crippen molar-refractivity contribution in [1.82, 2.24) is 4.90 Å². The standard InChI is InChI=1S/C9H19NO3/c1-3-4-5-10(2)9(12)8-13-7-6-11/h11H,3-8H2,1-2H3. The zero-order chi connectivity index (χ0) is 10.1. The number of rotatable bonds is 7. The molecule has 1 amide bonds. The minimum atomic E-state index is -0.0358. The van der Waals surface area contributed by atoms with E-state index >= 15 is 0 Å². The van der Waals surface area contributed by atoms with Crippen molar-refractivity contribution in [2.45, 2.75) is 19.8 Å². The Hall–Kier alpha value is -0.610. The third kappa shape index (κ3) is 6.54. The van der Waals surface area contributed by atoms with Crippen LogP contribution in [0.4, 0.5) is 0 Å². The van der Waals surface area contributed by atoms with Crippen LogP contribution in [0.1, 0.15) is 19.8 Å². The van der Waals surface area contributed by atoms with Gasteiger partial charge in [0.05, 0.1) is 13.2 Å². The first-order valence-electron chi connectivity index (χ1n) is 4.65. The maximum absolute atomic E-state index is 11.2. The molecule has 0 saturated carbocycles. The van der Waals surface area contributed by atoms with Gasteiger partial charge in [0, 0.05) is 13.6 Å². The lowest BCUT2D eigenvalue weighted by Crippen LogP contribution is -2.31. The molecule has 0 aromatic carbocycles. The minimum absolute atomic E-state index is 0.0260. The van der Waals surface area contributed by atoms with Crippen LogP contribution in [-0.4, -0.2) is 49.3 Å². The fraction of sp³-hybridized carbons (Fsp3) is 0.889. The second kappa shape index (κ2) is 8.01. The molecule has 0 atom stereocenters. The largest absolute Gasteiger partial charge is 0.394 e. The van der Waals surface area contributed by atoms with Crippen LogP contribution in [0.25, 0.3) is 0 Å². The summed E-state index contributed by atoms with van der Waals surface area (Å²) in [7, 11) is 1.76. The molecule has 0 aliphatic carbocycles. The molecule has 0 aliphatic rings. The molecular weight excluding hydrogens is 170 g/mol. The number of ether oxygens (including phenoxy) is 1. The third-order valence-electron chi connectivity index (χ3n) is 1.73. The predicted molar refractivity (Wildman–Crippen MR) is 50.4 cm³/mol. The summed E-state index contributed by atoms with van der Waals surface area (Å²) in [5.41, 5.74) is 0. The number of carbonyl (C=O) groups excluding carboxylic acids is 1. The van der Waals surface area contributed by atoms with Gasteiger partial charge in [0.25, 0.3) is 0 Å². The highest BCUT2D eigenvalue weighted by atomic mass is 16.5. The SMILES string of the molecule is CCCCN(C)C(=O)COCCO. The van der Waals surface area contributed by atoms with Crippen molar-refractivity contribution in [1.29, 1.82) is 0 Å². The number of carbonyl (C=O) groups is 1. The van der Waals surface area contributed by atoms with Gasteiger partial charge in [-0.25, -0.2) is 0 Å². The van der Waals surface area contributed by atoms with E-state index in [1.165, 1.54) is 0 Å².